The fraction of sp³-hybridized carbons (Fsp3) is 0.545. The zero-order chi connectivity index (χ0) is 24.8. The van der Waals surface area contributed by atoms with Gasteiger partial charge in [0.1, 0.15) is 6.04 Å². The van der Waals surface area contributed by atoms with Crippen molar-refractivity contribution in [1.82, 2.24) is 15.5 Å². The standard InChI is InChI=1S/C22H28F3N3O5/c1-6-7-8-15(19(29)31-5)26-20(30)32-16(21(2,3)4)18-28-27-17(33-18)13-9-11-14(12-10-13)22(23,24)25/h9-12,15-16H,6-8H2,1-5H3,(H,26,30)/t15-,16+/m0/s1. The number of nitrogens with one attached hydrogen (secondary N) is 1. The summed E-state index contributed by atoms with van der Waals surface area (Å²) in [4.78, 5) is 24.5. The SMILES string of the molecule is CCCC[C@H](NC(=O)O[C@H](c1nnc(-c2ccc(C(F)(F)F)cc2)o1)C(C)(C)C)C(=O)OC. The van der Waals surface area contributed by atoms with Crippen molar-refractivity contribution < 1.29 is 36.7 Å². The Bertz CT molecular complexity index is 936. The van der Waals surface area contributed by atoms with Crippen molar-refractivity contribution in [2.45, 2.75) is 65.3 Å². The van der Waals surface area contributed by atoms with E-state index in [-0.39, 0.29) is 17.3 Å². The Kier molecular flexibility index (Phi) is 8.45. The lowest BCUT2D eigenvalue weighted by molar-refractivity contribution is -0.143. The van der Waals surface area contributed by atoms with Crippen LogP contribution < -0.4 is 5.32 Å². The van der Waals surface area contributed by atoms with Gasteiger partial charge in [0, 0.05) is 11.0 Å². The molecule has 0 radical (unpaired) electrons. The molecule has 0 aliphatic carbocycles. The maximum absolute atomic E-state index is 12.8. The molecule has 0 unspecified atom stereocenters. The van der Waals surface area contributed by atoms with Gasteiger partial charge in [0.15, 0.2) is 6.10 Å². The Morgan fingerprint density at radius 1 is 1.12 bits per heavy atom. The maximum atomic E-state index is 12.8. The van der Waals surface area contributed by atoms with Crippen molar-refractivity contribution in [3.8, 4) is 11.5 Å². The largest absolute Gasteiger partial charge is 0.467 e. The van der Waals surface area contributed by atoms with Crippen LogP contribution in [0.15, 0.2) is 28.7 Å². The van der Waals surface area contributed by atoms with Gasteiger partial charge in [0.25, 0.3) is 5.89 Å². The lowest BCUT2D eigenvalue weighted by Gasteiger charge is -2.28. The van der Waals surface area contributed by atoms with Crippen LogP contribution in [0.3, 0.4) is 0 Å². The highest BCUT2D eigenvalue weighted by Crippen LogP contribution is 2.37. The molecule has 2 rings (SSSR count). The Morgan fingerprint density at radius 3 is 2.27 bits per heavy atom. The van der Waals surface area contributed by atoms with Crippen LogP contribution in [-0.2, 0) is 20.4 Å². The second-order valence-electron chi connectivity index (χ2n) is 8.53. The van der Waals surface area contributed by atoms with E-state index in [9.17, 15) is 22.8 Å². The number of hydrogen-bond acceptors (Lipinski definition) is 7. The van der Waals surface area contributed by atoms with Gasteiger partial charge in [-0.1, -0.05) is 40.5 Å². The van der Waals surface area contributed by atoms with Gasteiger partial charge in [-0.15, -0.1) is 10.2 Å². The minimum atomic E-state index is -4.46. The molecule has 0 fully saturated rings. The average molecular weight is 471 g/mol. The highest BCUT2D eigenvalue weighted by Gasteiger charge is 2.36. The molecule has 1 aromatic heterocycles. The third-order valence-electron chi connectivity index (χ3n) is 4.76. The number of methoxy groups -OCH3 is 1. The van der Waals surface area contributed by atoms with Gasteiger partial charge in [-0.05, 0) is 30.7 Å². The topological polar surface area (TPSA) is 104 Å². The number of aromatic nitrogens is 2. The van der Waals surface area contributed by atoms with Crippen LogP contribution in [0.5, 0.6) is 0 Å². The molecular formula is C22H28F3N3O5. The molecule has 1 aromatic carbocycles. The van der Waals surface area contributed by atoms with Crippen molar-refractivity contribution in [1.29, 1.82) is 0 Å². The zero-order valence-corrected chi connectivity index (χ0v) is 19.2. The molecule has 11 heteroatoms. The molecule has 1 heterocycles. The Balaban J connectivity index is 2.20. The van der Waals surface area contributed by atoms with E-state index in [0.29, 0.717) is 12.8 Å². The normalized spacial score (nSPS) is 13.8. The van der Waals surface area contributed by atoms with Gasteiger partial charge in [0.05, 0.1) is 12.7 Å². The van der Waals surface area contributed by atoms with Crippen molar-refractivity contribution in [2.75, 3.05) is 7.11 Å². The zero-order valence-electron chi connectivity index (χ0n) is 19.2. The van der Waals surface area contributed by atoms with Gasteiger partial charge in [0.2, 0.25) is 5.89 Å². The third-order valence-corrected chi connectivity index (χ3v) is 4.76. The van der Waals surface area contributed by atoms with Gasteiger partial charge >= 0.3 is 18.2 Å². The number of alkyl halides is 3. The summed E-state index contributed by atoms with van der Waals surface area (Å²) >= 11 is 0. The quantitative estimate of drug-likeness (QED) is 0.521. The van der Waals surface area contributed by atoms with Gasteiger partial charge in [-0.2, -0.15) is 13.2 Å². The number of amides is 1. The van der Waals surface area contributed by atoms with Crippen molar-refractivity contribution in [3.05, 3.63) is 35.7 Å². The number of unbranched alkanes of at least 4 members (excludes halogenated alkanes) is 1. The second-order valence-corrected chi connectivity index (χ2v) is 8.53. The summed E-state index contributed by atoms with van der Waals surface area (Å²) in [5, 5.41) is 10.3. The number of carbonyl (C=O) groups excluding carboxylic acids is 2. The molecule has 1 N–H and O–H groups in total. The number of nitrogens with zero attached hydrogens (tertiary/aromatic N) is 2. The van der Waals surface area contributed by atoms with E-state index in [0.717, 1.165) is 18.6 Å². The molecule has 0 aliphatic heterocycles. The number of ether oxygens (including phenoxy) is 2. The molecule has 2 atom stereocenters. The highest BCUT2D eigenvalue weighted by molar-refractivity contribution is 5.81. The molecule has 182 valence electrons. The second kappa shape index (κ2) is 10.7. The van der Waals surface area contributed by atoms with E-state index < -0.39 is 41.4 Å². The number of rotatable bonds is 8. The molecule has 0 aliphatic rings. The summed E-state index contributed by atoms with van der Waals surface area (Å²) < 4.78 is 54.2. The van der Waals surface area contributed by atoms with E-state index in [1.165, 1.54) is 19.2 Å². The number of halogens is 3. The molecule has 0 saturated heterocycles. The maximum Gasteiger partial charge on any atom is 0.416 e. The Hall–Kier alpha value is -3.11. The fourth-order valence-corrected chi connectivity index (χ4v) is 2.94. The highest BCUT2D eigenvalue weighted by atomic mass is 19.4. The smallest absolute Gasteiger partial charge is 0.416 e. The van der Waals surface area contributed by atoms with Gasteiger partial charge in [-0.25, -0.2) is 9.59 Å². The van der Waals surface area contributed by atoms with Gasteiger partial charge in [-0.3, -0.25) is 0 Å². The lowest BCUT2D eigenvalue weighted by Crippen LogP contribution is -2.43. The lowest BCUT2D eigenvalue weighted by atomic mass is 9.89. The predicted octanol–water partition coefficient (Wildman–Crippen LogP) is 5.30. The molecule has 0 saturated carbocycles. The minimum Gasteiger partial charge on any atom is -0.467 e. The van der Waals surface area contributed by atoms with Crippen LogP contribution in [0, 0.1) is 5.41 Å². The van der Waals surface area contributed by atoms with Crippen LogP contribution in [-0.4, -0.2) is 35.4 Å². The van der Waals surface area contributed by atoms with E-state index in [2.05, 4.69) is 15.5 Å². The summed E-state index contributed by atoms with van der Waals surface area (Å²) in [6, 6.07) is 3.39. The summed E-state index contributed by atoms with van der Waals surface area (Å²) in [6.07, 6.45) is -4.41. The first kappa shape index (κ1) is 26.1. The predicted molar refractivity (Wildman–Crippen MR) is 112 cm³/mol. The third kappa shape index (κ3) is 7.19. The van der Waals surface area contributed by atoms with Gasteiger partial charge < -0.3 is 19.2 Å². The molecule has 0 spiro atoms. The minimum absolute atomic E-state index is 0.0210. The average Bonchev–Trinajstić information content (AvgIpc) is 3.22. The van der Waals surface area contributed by atoms with Crippen molar-refractivity contribution in [3.63, 3.8) is 0 Å². The molecule has 2 aromatic rings. The van der Waals surface area contributed by atoms with Crippen molar-refractivity contribution >= 4 is 12.1 Å². The summed E-state index contributed by atoms with van der Waals surface area (Å²) in [5.41, 5.74) is -1.20. The first-order chi connectivity index (χ1) is 15.4. The van der Waals surface area contributed by atoms with E-state index >= 15 is 0 Å². The van der Waals surface area contributed by atoms with E-state index in [1.807, 2.05) is 6.92 Å². The van der Waals surface area contributed by atoms with E-state index in [1.54, 1.807) is 20.8 Å². The van der Waals surface area contributed by atoms with E-state index in [4.69, 9.17) is 13.9 Å². The number of esters is 1. The first-order valence-corrected chi connectivity index (χ1v) is 10.4. The molecular weight excluding hydrogens is 443 g/mol. The summed E-state index contributed by atoms with van der Waals surface area (Å²) in [7, 11) is 1.23. The number of hydrogen-bond donors (Lipinski definition) is 1. The van der Waals surface area contributed by atoms with Crippen LogP contribution in [0.25, 0.3) is 11.5 Å². The summed E-state index contributed by atoms with van der Waals surface area (Å²) in [6.45, 7) is 7.29. The number of carbonyl (C=O) groups is 2. The van der Waals surface area contributed by atoms with Crippen molar-refractivity contribution in [2.24, 2.45) is 5.41 Å². The molecule has 8 nitrogen and oxygen atoms in total. The molecule has 1 amide bonds. The van der Waals surface area contributed by atoms with Crippen LogP contribution in [0.1, 0.15) is 64.5 Å². The fourth-order valence-electron chi connectivity index (χ4n) is 2.94. The Labute approximate surface area is 189 Å². The van der Waals surface area contributed by atoms with Crippen LogP contribution in [0.2, 0.25) is 0 Å². The number of benzene rings is 1. The molecule has 33 heavy (non-hydrogen) atoms. The number of alkyl carbamates (subject to hydrolysis) is 1. The van der Waals surface area contributed by atoms with Crippen LogP contribution in [0.4, 0.5) is 18.0 Å². The Morgan fingerprint density at radius 2 is 1.76 bits per heavy atom. The summed E-state index contributed by atoms with van der Waals surface area (Å²) in [5.74, 6) is -0.641. The molecule has 0 bridgehead atoms. The first-order valence-electron chi connectivity index (χ1n) is 10.4. The monoisotopic (exact) mass is 471 g/mol. The van der Waals surface area contributed by atoms with Crippen LogP contribution >= 0.6 is 0 Å².